The van der Waals surface area contributed by atoms with Crippen LogP contribution in [0.4, 0.5) is 0 Å². The van der Waals surface area contributed by atoms with Crippen LogP contribution in [-0.4, -0.2) is 44.7 Å². The zero-order valence-corrected chi connectivity index (χ0v) is 20.3. The molecular weight excluding hydrogens is 455 g/mol. The Morgan fingerprint density at radius 3 is 2.65 bits per heavy atom. The van der Waals surface area contributed by atoms with Crippen LogP contribution in [0.5, 0.6) is 5.75 Å². The van der Waals surface area contributed by atoms with E-state index in [4.69, 9.17) is 33.7 Å². The average molecular weight is 485 g/mol. The van der Waals surface area contributed by atoms with E-state index in [2.05, 4.69) is 12.1 Å². The van der Waals surface area contributed by atoms with Crippen molar-refractivity contribution >= 4 is 33.2 Å². The third-order valence-electron chi connectivity index (χ3n) is 5.83. The van der Waals surface area contributed by atoms with Gasteiger partial charge in [-0.3, -0.25) is 0 Å². The zero-order valence-electron chi connectivity index (χ0n) is 18.0. The number of halogens is 2. The van der Waals surface area contributed by atoms with Crippen LogP contribution >= 0.6 is 23.2 Å². The molecule has 2 aromatic rings. The number of nitrogens with two attached hydrogens (primary N) is 1. The van der Waals surface area contributed by atoms with Crippen LogP contribution in [0.1, 0.15) is 42.4 Å². The minimum Gasteiger partial charge on any atom is -0.492 e. The van der Waals surface area contributed by atoms with Gasteiger partial charge in [-0.15, -0.1) is 0 Å². The summed E-state index contributed by atoms with van der Waals surface area (Å²) in [7, 11) is -1.63. The van der Waals surface area contributed by atoms with Gasteiger partial charge in [0.05, 0.1) is 15.8 Å². The summed E-state index contributed by atoms with van der Waals surface area (Å²) in [6.45, 7) is 2.46. The molecule has 31 heavy (non-hydrogen) atoms. The fraction of sp³-hybridized carbons (Fsp3) is 0.478. The van der Waals surface area contributed by atoms with Gasteiger partial charge in [-0.05, 0) is 66.6 Å². The standard InChI is InChI=1S/C23H30Cl2N2O3S/c1-3-12-31(28,29)27(2)10-11-30-18-7-5-17-6-9-23(26)20(19(17)15-18)13-16-4-8-21(24)22(25)14-16/h4-5,7-8,14-15,20,23H,3,6,9-13,26H2,1-2H3. The molecule has 0 saturated carbocycles. The number of hydrogen-bond donors (Lipinski definition) is 1. The Hall–Kier alpha value is -1.31. The molecule has 0 amide bonds. The first-order chi connectivity index (χ1) is 14.7. The molecule has 170 valence electrons. The highest BCUT2D eigenvalue weighted by molar-refractivity contribution is 7.89. The lowest BCUT2D eigenvalue weighted by atomic mass is 9.76. The topological polar surface area (TPSA) is 72.6 Å². The monoisotopic (exact) mass is 484 g/mol. The van der Waals surface area contributed by atoms with Crippen molar-refractivity contribution in [1.82, 2.24) is 4.31 Å². The van der Waals surface area contributed by atoms with Gasteiger partial charge >= 0.3 is 0 Å². The lowest BCUT2D eigenvalue weighted by molar-refractivity contribution is 0.286. The molecule has 1 aliphatic carbocycles. The molecule has 3 rings (SSSR count). The number of hydrogen-bond acceptors (Lipinski definition) is 4. The molecular formula is C23H30Cl2N2O3S. The minimum absolute atomic E-state index is 0.0440. The number of likely N-dealkylation sites (N-methyl/N-ethyl adjacent to an activating group) is 1. The van der Waals surface area contributed by atoms with Gasteiger partial charge in [-0.2, -0.15) is 0 Å². The Labute approximate surface area is 195 Å². The van der Waals surface area contributed by atoms with Gasteiger partial charge in [0, 0.05) is 25.6 Å². The first kappa shape index (κ1) is 24.3. The smallest absolute Gasteiger partial charge is 0.213 e. The molecule has 2 N–H and O–H groups in total. The Balaban J connectivity index is 1.72. The lowest BCUT2D eigenvalue weighted by Crippen LogP contribution is -2.34. The van der Waals surface area contributed by atoms with Crippen molar-refractivity contribution in [2.24, 2.45) is 5.73 Å². The summed E-state index contributed by atoms with van der Waals surface area (Å²) in [4.78, 5) is 0. The number of sulfonamides is 1. The van der Waals surface area contributed by atoms with Gasteiger partial charge in [0.25, 0.3) is 0 Å². The van der Waals surface area contributed by atoms with Crippen LogP contribution in [0, 0.1) is 0 Å². The third-order valence-corrected chi connectivity index (χ3v) is 8.63. The minimum atomic E-state index is -3.22. The lowest BCUT2D eigenvalue weighted by Gasteiger charge is -2.32. The Kier molecular flexibility index (Phi) is 8.27. The maximum absolute atomic E-state index is 12.1. The SMILES string of the molecule is CCCS(=O)(=O)N(C)CCOc1ccc2c(c1)C(Cc1ccc(Cl)c(Cl)c1)C(N)CC2. The van der Waals surface area contributed by atoms with Gasteiger partial charge in [-0.25, -0.2) is 12.7 Å². The summed E-state index contributed by atoms with van der Waals surface area (Å²) >= 11 is 12.3. The zero-order chi connectivity index (χ0) is 22.6. The molecule has 0 bridgehead atoms. The van der Waals surface area contributed by atoms with Crippen LogP contribution in [0.2, 0.25) is 10.0 Å². The van der Waals surface area contributed by atoms with Crippen LogP contribution in [-0.2, 0) is 22.9 Å². The number of aryl methyl sites for hydroxylation is 1. The van der Waals surface area contributed by atoms with Crippen LogP contribution in [0.15, 0.2) is 36.4 Å². The fourth-order valence-electron chi connectivity index (χ4n) is 4.02. The predicted molar refractivity (Wildman–Crippen MR) is 128 cm³/mol. The average Bonchev–Trinajstić information content (AvgIpc) is 2.72. The van der Waals surface area contributed by atoms with E-state index in [-0.39, 0.29) is 17.7 Å². The molecule has 2 unspecified atom stereocenters. The van der Waals surface area contributed by atoms with Gasteiger partial charge in [-0.1, -0.05) is 42.3 Å². The van der Waals surface area contributed by atoms with E-state index in [9.17, 15) is 8.42 Å². The molecule has 0 heterocycles. The van der Waals surface area contributed by atoms with E-state index in [1.54, 1.807) is 7.05 Å². The van der Waals surface area contributed by atoms with Crippen molar-refractivity contribution in [2.45, 2.75) is 44.6 Å². The molecule has 2 aromatic carbocycles. The van der Waals surface area contributed by atoms with Gasteiger partial charge in [0.1, 0.15) is 12.4 Å². The Bertz CT molecular complexity index is 1010. The van der Waals surface area contributed by atoms with Crippen molar-refractivity contribution in [3.05, 3.63) is 63.1 Å². The van der Waals surface area contributed by atoms with Crippen molar-refractivity contribution < 1.29 is 13.2 Å². The molecule has 0 radical (unpaired) electrons. The molecule has 8 heteroatoms. The highest BCUT2D eigenvalue weighted by Gasteiger charge is 2.28. The number of rotatable bonds is 9. The first-order valence-corrected chi connectivity index (χ1v) is 13.0. The summed E-state index contributed by atoms with van der Waals surface area (Å²) in [5, 5.41) is 1.09. The second kappa shape index (κ2) is 10.5. The van der Waals surface area contributed by atoms with Crippen LogP contribution in [0.3, 0.4) is 0 Å². The normalized spacial score (nSPS) is 18.8. The van der Waals surface area contributed by atoms with Crippen molar-refractivity contribution in [3.8, 4) is 5.75 Å². The number of benzene rings is 2. The number of nitrogens with zero attached hydrogens (tertiary/aromatic N) is 1. The number of fused-ring (bicyclic) bond motifs is 1. The van der Waals surface area contributed by atoms with Crippen LogP contribution in [0.25, 0.3) is 0 Å². The summed E-state index contributed by atoms with van der Waals surface area (Å²) < 4.78 is 31.5. The van der Waals surface area contributed by atoms with E-state index < -0.39 is 10.0 Å². The number of ether oxygens (including phenoxy) is 1. The van der Waals surface area contributed by atoms with Gasteiger partial charge in [0.2, 0.25) is 10.0 Å². The second-order valence-electron chi connectivity index (χ2n) is 8.11. The second-order valence-corrected chi connectivity index (χ2v) is 11.1. The van der Waals surface area contributed by atoms with Crippen LogP contribution < -0.4 is 10.5 Å². The van der Waals surface area contributed by atoms with E-state index in [1.165, 1.54) is 15.4 Å². The summed E-state index contributed by atoms with van der Waals surface area (Å²) in [6, 6.07) is 11.8. The maximum Gasteiger partial charge on any atom is 0.213 e. The Morgan fingerprint density at radius 2 is 1.94 bits per heavy atom. The van der Waals surface area contributed by atoms with Crippen molar-refractivity contribution in [2.75, 3.05) is 26.0 Å². The highest BCUT2D eigenvalue weighted by atomic mass is 35.5. The molecule has 0 saturated heterocycles. The van der Waals surface area contributed by atoms with Gasteiger partial charge in [0.15, 0.2) is 0 Å². The first-order valence-electron chi connectivity index (χ1n) is 10.6. The fourth-order valence-corrected chi connectivity index (χ4v) is 5.52. The van der Waals surface area contributed by atoms with Gasteiger partial charge < -0.3 is 10.5 Å². The maximum atomic E-state index is 12.1. The van der Waals surface area contributed by atoms with E-state index in [0.717, 1.165) is 30.6 Å². The molecule has 0 aromatic heterocycles. The predicted octanol–water partition coefficient (Wildman–Crippen LogP) is 4.64. The quantitative estimate of drug-likeness (QED) is 0.562. The third kappa shape index (κ3) is 6.14. The summed E-state index contributed by atoms with van der Waals surface area (Å²) in [6.07, 6.45) is 3.23. The largest absolute Gasteiger partial charge is 0.492 e. The van der Waals surface area contributed by atoms with E-state index in [1.807, 2.05) is 31.2 Å². The Morgan fingerprint density at radius 1 is 1.16 bits per heavy atom. The van der Waals surface area contributed by atoms with E-state index in [0.29, 0.717) is 29.6 Å². The molecule has 0 fully saturated rings. The van der Waals surface area contributed by atoms with E-state index >= 15 is 0 Å². The molecule has 1 aliphatic rings. The molecule has 0 aliphatic heterocycles. The molecule has 2 atom stereocenters. The highest BCUT2D eigenvalue weighted by Crippen LogP contribution is 2.36. The molecule has 5 nitrogen and oxygen atoms in total. The van der Waals surface area contributed by atoms with Crippen molar-refractivity contribution in [1.29, 1.82) is 0 Å². The summed E-state index contributed by atoms with van der Waals surface area (Å²) in [5.74, 6) is 1.03. The van der Waals surface area contributed by atoms with Crippen molar-refractivity contribution in [3.63, 3.8) is 0 Å². The summed E-state index contributed by atoms with van der Waals surface area (Å²) in [5.41, 5.74) is 10.1. The molecule has 0 spiro atoms.